The highest BCUT2D eigenvalue weighted by Crippen LogP contribution is 2.39. The van der Waals surface area contributed by atoms with E-state index in [1.807, 2.05) is 0 Å². The van der Waals surface area contributed by atoms with Gasteiger partial charge in [-0.05, 0) is 24.3 Å². The molecular weight excluding hydrogens is 467 g/mol. The zero-order valence-electron chi connectivity index (χ0n) is 16.1. The maximum Gasteiger partial charge on any atom is 0.416 e. The SMILES string of the molecule is N#Cc1cc(C(F)(F)F)ccc1OC1CCOc2cc(S(=O)(=O)Nc3nccs3)ccc21. The van der Waals surface area contributed by atoms with Gasteiger partial charge >= 0.3 is 6.18 Å². The lowest BCUT2D eigenvalue weighted by Crippen LogP contribution is -2.20. The largest absolute Gasteiger partial charge is 0.493 e. The van der Waals surface area contributed by atoms with Crippen LogP contribution in [-0.4, -0.2) is 20.0 Å². The van der Waals surface area contributed by atoms with E-state index in [1.54, 1.807) is 11.4 Å². The summed E-state index contributed by atoms with van der Waals surface area (Å²) in [6.45, 7) is 0.198. The van der Waals surface area contributed by atoms with Gasteiger partial charge in [0.15, 0.2) is 5.13 Å². The van der Waals surface area contributed by atoms with Crippen molar-refractivity contribution in [1.29, 1.82) is 5.26 Å². The lowest BCUT2D eigenvalue weighted by Gasteiger charge is -2.27. The van der Waals surface area contributed by atoms with E-state index in [1.165, 1.54) is 24.4 Å². The van der Waals surface area contributed by atoms with Crippen molar-refractivity contribution in [2.75, 3.05) is 11.3 Å². The number of benzene rings is 2. The van der Waals surface area contributed by atoms with Gasteiger partial charge in [0.2, 0.25) is 0 Å². The third kappa shape index (κ3) is 4.49. The van der Waals surface area contributed by atoms with Gasteiger partial charge in [0.25, 0.3) is 10.0 Å². The number of fused-ring (bicyclic) bond motifs is 1. The van der Waals surface area contributed by atoms with Gasteiger partial charge in [0.05, 0.1) is 22.6 Å². The fourth-order valence-corrected chi connectivity index (χ4v) is 4.93. The molecule has 0 radical (unpaired) electrons. The second kappa shape index (κ2) is 8.33. The van der Waals surface area contributed by atoms with E-state index in [-0.39, 0.29) is 33.7 Å². The molecule has 0 aliphatic carbocycles. The summed E-state index contributed by atoms with van der Waals surface area (Å²) in [5, 5.41) is 11.1. The molecule has 32 heavy (non-hydrogen) atoms. The highest BCUT2D eigenvalue weighted by atomic mass is 32.2. The van der Waals surface area contributed by atoms with E-state index < -0.39 is 27.9 Å². The third-order valence-electron chi connectivity index (χ3n) is 4.63. The van der Waals surface area contributed by atoms with Crippen molar-refractivity contribution in [1.82, 2.24) is 4.98 Å². The van der Waals surface area contributed by atoms with Crippen LogP contribution in [0.25, 0.3) is 0 Å². The van der Waals surface area contributed by atoms with Crippen LogP contribution in [0.15, 0.2) is 52.9 Å². The molecule has 3 aromatic rings. The van der Waals surface area contributed by atoms with Gasteiger partial charge in [-0.25, -0.2) is 13.4 Å². The molecule has 12 heteroatoms. The summed E-state index contributed by atoms with van der Waals surface area (Å²) in [6, 6.07) is 8.64. The Bertz CT molecular complexity index is 1290. The van der Waals surface area contributed by atoms with Crippen LogP contribution in [-0.2, 0) is 16.2 Å². The molecule has 0 amide bonds. The Hall–Kier alpha value is -3.30. The van der Waals surface area contributed by atoms with Crippen LogP contribution in [0.4, 0.5) is 18.3 Å². The number of aromatic nitrogens is 1. The zero-order valence-corrected chi connectivity index (χ0v) is 17.7. The number of anilines is 1. The average molecular weight is 481 g/mol. The Morgan fingerprint density at radius 1 is 1.25 bits per heavy atom. The van der Waals surface area contributed by atoms with Crippen molar-refractivity contribution in [3.05, 3.63) is 64.7 Å². The number of nitriles is 1. The molecule has 1 aliphatic rings. The number of alkyl halides is 3. The summed E-state index contributed by atoms with van der Waals surface area (Å²) < 4.78 is 77.7. The van der Waals surface area contributed by atoms with E-state index in [4.69, 9.17) is 9.47 Å². The number of nitrogens with one attached hydrogen (secondary N) is 1. The fourth-order valence-electron chi connectivity index (χ4n) is 3.12. The van der Waals surface area contributed by atoms with E-state index >= 15 is 0 Å². The predicted octanol–water partition coefficient (Wildman–Crippen LogP) is 4.74. The second-order valence-electron chi connectivity index (χ2n) is 6.71. The molecule has 0 bridgehead atoms. The molecule has 2 heterocycles. The summed E-state index contributed by atoms with van der Waals surface area (Å²) in [4.78, 5) is 3.85. The molecule has 0 saturated heterocycles. The van der Waals surface area contributed by atoms with Crippen molar-refractivity contribution < 1.29 is 31.1 Å². The van der Waals surface area contributed by atoms with Crippen molar-refractivity contribution in [3.63, 3.8) is 0 Å². The van der Waals surface area contributed by atoms with Gasteiger partial charge in [0.1, 0.15) is 23.7 Å². The Morgan fingerprint density at radius 3 is 2.75 bits per heavy atom. The molecule has 1 atom stereocenters. The topological polar surface area (TPSA) is 101 Å². The molecule has 1 aromatic heterocycles. The van der Waals surface area contributed by atoms with Gasteiger partial charge in [-0.15, -0.1) is 11.3 Å². The summed E-state index contributed by atoms with van der Waals surface area (Å²) in [6.07, 6.45) is -3.38. The van der Waals surface area contributed by atoms with Gasteiger partial charge < -0.3 is 9.47 Å². The molecule has 1 unspecified atom stereocenters. The molecule has 0 saturated carbocycles. The molecule has 1 aliphatic heterocycles. The van der Waals surface area contributed by atoms with E-state index in [0.717, 1.165) is 29.5 Å². The number of hydrogen-bond donors (Lipinski definition) is 1. The van der Waals surface area contributed by atoms with Crippen molar-refractivity contribution in [2.45, 2.75) is 23.6 Å². The Balaban J connectivity index is 1.60. The lowest BCUT2D eigenvalue weighted by atomic mass is 10.0. The molecule has 166 valence electrons. The number of halogens is 3. The zero-order chi connectivity index (χ0) is 22.9. The first-order valence-electron chi connectivity index (χ1n) is 9.14. The van der Waals surface area contributed by atoms with Crippen LogP contribution in [0.2, 0.25) is 0 Å². The minimum absolute atomic E-state index is 0.000449. The molecular formula is C20H14F3N3O4S2. The fraction of sp³-hybridized carbons (Fsp3) is 0.200. The number of nitrogens with zero attached hydrogens (tertiary/aromatic N) is 2. The number of sulfonamides is 1. The molecule has 1 N–H and O–H groups in total. The van der Waals surface area contributed by atoms with Gasteiger partial charge in [-0.2, -0.15) is 18.4 Å². The van der Waals surface area contributed by atoms with Gasteiger partial charge in [-0.3, -0.25) is 4.72 Å². The molecule has 0 spiro atoms. The first-order valence-corrected chi connectivity index (χ1v) is 11.5. The van der Waals surface area contributed by atoms with Crippen LogP contribution in [0.3, 0.4) is 0 Å². The second-order valence-corrected chi connectivity index (χ2v) is 9.28. The highest BCUT2D eigenvalue weighted by Gasteiger charge is 2.32. The van der Waals surface area contributed by atoms with E-state index in [0.29, 0.717) is 12.0 Å². The minimum atomic E-state index is -4.58. The Labute approximate surface area is 185 Å². The van der Waals surface area contributed by atoms with Crippen LogP contribution in [0, 0.1) is 11.3 Å². The van der Waals surface area contributed by atoms with E-state index in [9.17, 15) is 26.9 Å². The maximum absolute atomic E-state index is 12.9. The summed E-state index contributed by atoms with van der Waals surface area (Å²) in [5.74, 6) is 0.272. The van der Waals surface area contributed by atoms with Crippen LogP contribution >= 0.6 is 11.3 Å². The maximum atomic E-state index is 12.9. The number of ether oxygens (including phenoxy) is 2. The van der Waals surface area contributed by atoms with Gasteiger partial charge in [0, 0.05) is 29.6 Å². The highest BCUT2D eigenvalue weighted by molar-refractivity contribution is 7.93. The molecule has 0 fully saturated rings. The lowest BCUT2D eigenvalue weighted by molar-refractivity contribution is -0.137. The van der Waals surface area contributed by atoms with Crippen LogP contribution < -0.4 is 14.2 Å². The van der Waals surface area contributed by atoms with Crippen molar-refractivity contribution in [2.24, 2.45) is 0 Å². The number of thiazole rings is 1. The van der Waals surface area contributed by atoms with Crippen molar-refractivity contribution in [3.8, 4) is 17.6 Å². The minimum Gasteiger partial charge on any atom is -0.493 e. The first-order chi connectivity index (χ1) is 15.2. The standard InChI is InChI=1S/C20H14F3N3O4S2/c21-20(22,23)13-1-4-16(12(9-13)11-24)30-17-5-7-29-18-10-14(2-3-15(17)18)32(27,28)26-19-25-6-8-31-19/h1-4,6,8-10,17H,5,7H2,(H,25,26). The number of hydrogen-bond acceptors (Lipinski definition) is 7. The van der Waals surface area contributed by atoms with Crippen LogP contribution in [0.5, 0.6) is 11.5 Å². The summed E-state index contributed by atoms with van der Waals surface area (Å²) in [7, 11) is -3.90. The average Bonchev–Trinajstić information content (AvgIpc) is 3.25. The molecule has 4 rings (SSSR count). The number of rotatable bonds is 5. The smallest absolute Gasteiger partial charge is 0.416 e. The summed E-state index contributed by atoms with van der Waals surface area (Å²) >= 11 is 1.13. The quantitative estimate of drug-likeness (QED) is 0.565. The van der Waals surface area contributed by atoms with Crippen LogP contribution in [0.1, 0.15) is 29.2 Å². The Morgan fingerprint density at radius 2 is 2.06 bits per heavy atom. The predicted molar refractivity (Wildman–Crippen MR) is 109 cm³/mol. The van der Waals surface area contributed by atoms with Gasteiger partial charge in [-0.1, -0.05) is 6.07 Å². The van der Waals surface area contributed by atoms with Crippen molar-refractivity contribution >= 4 is 26.5 Å². The summed E-state index contributed by atoms with van der Waals surface area (Å²) in [5.41, 5.74) is -0.677. The normalized spacial score (nSPS) is 15.9. The molecule has 2 aromatic carbocycles. The first kappa shape index (κ1) is 21.9. The van der Waals surface area contributed by atoms with E-state index in [2.05, 4.69) is 9.71 Å². The Kier molecular flexibility index (Phi) is 5.70. The monoisotopic (exact) mass is 481 g/mol. The molecule has 7 nitrogen and oxygen atoms in total. The third-order valence-corrected chi connectivity index (χ3v) is 6.78.